The fourth-order valence-electron chi connectivity index (χ4n) is 1.46. The van der Waals surface area contributed by atoms with Gasteiger partial charge in [0.05, 0.1) is 6.20 Å². The Hall–Kier alpha value is -1.50. The Bertz CT molecular complexity index is 378. The van der Waals surface area contributed by atoms with Crippen LogP contribution < -0.4 is 5.32 Å². The topological polar surface area (TPSA) is 75.2 Å². The molecule has 1 atom stereocenters. The minimum atomic E-state index is -0.423. The van der Waals surface area contributed by atoms with E-state index >= 15 is 0 Å². The fraction of sp³-hybridized carbons (Fsp3) is 0.500. The lowest BCUT2D eigenvalue weighted by Gasteiger charge is -2.32. The third-order valence-electron chi connectivity index (χ3n) is 2.33. The summed E-state index contributed by atoms with van der Waals surface area (Å²) in [7, 11) is 0. The molecule has 80 valence electrons. The van der Waals surface area contributed by atoms with Crippen LogP contribution in [0.3, 0.4) is 0 Å². The van der Waals surface area contributed by atoms with E-state index in [0.717, 1.165) is 11.5 Å². The molecular formula is C8H10N4O2S. The Balaban J connectivity index is 2.16. The second-order valence-electron chi connectivity index (χ2n) is 3.25. The molecule has 15 heavy (non-hydrogen) atoms. The van der Waals surface area contributed by atoms with Gasteiger partial charge in [-0.3, -0.25) is 9.59 Å². The van der Waals surface area contributed by atoms with E-state index in [9.17, 15) is 9.59 Å². The summed E-state index contributed by atoms with van der Waals surface area (Å²) in [5.74, 6) is -0.292. The average molecular weight is 226 g/mol. The van der Waals surface area contributed by atoms with Crippen LogP contribution in [0.2, 0.25) is 0 Å². The molecule has 0 radical (unpaired) electrons. The zero-order chi connectivity index (χ0) is 10.8. The summed E-state index contributed by atoms with van der Waals surface area (Å²) in [6.07, 6.45) is 1.42. The van der Waals surface area contributed by atoms with E-state index in [1.54, 1.807) is 6.92 Å². The van der Waals surface area contributed by atoms with Gasteiger partial charge in [-0.2, -0.15) is 0 Å². The molecule has 1 aromatic rings. The first-order valence-corrected chi connectivity index (χ1v) is 5.33. The van der Waals surface area contributed by atoms with Gasteiger partial charge in [-0.05, 0) is 18.5 Å². The lowest BCUT2D eigenvalue weighted by molar-refractivity contribution is -0.127. The van der Waals surface area contributed by atoms with Crippen LogP contribution in [0, 0.1) is 0 Å². The summed E-state index contributed by atoms with van der Waals surface area (Å²) in [6, 6.07) is -0.423. The molecule has 2 amide bonds. The van der Waals surface area contributed by atoms with E-state index in [4.69, 9.17) is 0 Å². The van der Waals surface area contributed by atoms with Crippen LogP contribution in [0.25, 0.3) is 0 Å². The molecule has 0 aromatic carbocycles. The van der Waals surface area contributed by atoms with Crippen molar-refractivity contribution in [1.29, 1.82) is 0 Å². The van der Waals surface area contributed by atoms with Crippen molar-refractivity contribution >= 4 is 23.3 Å². The maximum Gasteiger partial charge on any atom is 0.267 e. The smallest absolute Gasteiger partial charge is 0.267 e. The largest absolute Gasteiger partial charge is 0.353 e. The van der Waals surface area contributed by atoms with Crippen LogP contribution in [-0.2, 0) is 4.79 Å². The predicted molar refractivity (Wildman–Crippen MR) is 53.4 cm³/mol. The number of nitrogens with one attached hydrogen (secondary N) is 1. The van der Waals surface area contributed by atoms with Gasteiger partial charge < -0.3 is 10.2 Å². The van der Waals surface area contributed by atoms with Crippen LogP contribution in [0.1, 0.15) is 16.6 Å². The second-order valence-corrected chi connectivity index (χ2v) is 4.03. The summed E-state index contributed by atoms with van der Waals surface area (Å²) < 4.78 is 3.63. The Morgan fingerprint density at radius 3 is 3.20 bits per heavy atom. The van der Waals surface area contributed by atoms with E-state index in [2.05, 4.69) is 14.9 Å². The molecule has 6 nitrogen and oxygen atoms in total. The summed E-state index contributed by atoms with van der Waals surface area (Å²) in [5.41, 5.74) is 0. The van der Waals surface area contributed by atoms with Crippen molar-refractivity contribution in [2.45, 2.75) is 13.0 Å². The molecule has 1 aromatic heterocycles. The zero-order valence-corrected chi connectivity index (χ0v) is 8.95. The number of hydrogen-bond donors (Lipinski definition) is 1. The van der Waals surface area contributed by atoms with E-state index in [0.29, 0.717) is 18.0 Å². The van der Waals surface area contributed by atoms with Crippen LogP contribution >= 0.6 is 11.5 Å². The lowest BCUT2D eigenvalue weighted by atomic mass is 10.2. The summed E-state index contributed by atoms with van der Waals surface area (Å²) in [6.45, 7) is 2.74. The number of carbonyl (C=O) groups excluding carboxylic acids is 2. The van der Waals surface area contributed by atoms with Crippen LogP contribution in [0.4, 0.5) is 0 Å². The Kier molecular flexibility index (Phi) is 2.63. The van der Waals surface area contributed by atoms with E-state index in [1.165, 1.54) is 11.1 Å². The van der Waals surface area contributed by atoms with E-state index in [-0.39, 0.29) is 11.8 Å². The highest BCUT2D eigenvalue weighted by atomic mass is 32.1. The minimum absolute atomic E-state index is 0.118. The number of rotatable bonds is 1. The van der Waals surface area contributed by atoms with E-state index < -0.39 is 6.04 Å². The molecule has 1 fully saturated rings. The quantitative estimate of drug-likeness (QED) is 0.700. The highest BCUT2D eigenvalue weighted by molar-refractivity contribution is 7.07. The molecule has 0 spiro atoms. The number of hydrogen-bond acceptors (Lipinski definition) is 5. The number of carbonyl (C=O) groups is 2. The standard InChI is InChI=1S/C8H10N4O2S/c1-5-7(13)9-2-3-12(5)8(14)6-4-10-11-15-6/h4-5H,2-3H2,1H3,(H,9,13). The van der Waals surface area contributed by atoms with Gasteiger partial charge in [0.25, 0.3) is 5.91 Å². The first-order valence-electron chi connectivity index (χ1n) is 4.56. The van der Waals surface area contributed by atoms with Crippen molar-refractivity contribution < 1.29 is 9.59 Å². The molecule has 1 N–H and O–H groups in total. The number of nitrogens with zero attached hydrogens (tertiary/aromatic N) is 3. The SMILES string of the molecule is CC1C(=O)NCCN1C(=O)c1cnns1. The summed E-state index contributed by atoms with van der Waals surface area (Å²) in [5, 5.41) is 6.30. The third kappa shape index (κ3) is 1.82. The number of piperazine rings is 1. The molecule has 1 aliphatic heterocycles. The maximum atomic E-state index is 11.9. The van der Waals surface area contributed by atoms with Gasteiger partial charge in [-0.1, -0.05) is 4.49 Å². The maximum absolute atomic E-state index is 11.9. The zero-order valence-electron chi connectivity index (χ0n) is 8.14. The molecule has 2 heterocycles. The first-order chi connectivity index (χ1) is 7.20. The third-order valence-corrected chi connectivity index (χ3v) is 2.98. The minimum Gasteiger partial charge on any atom is -0.353 e. The van der Waals surface area contributed by atoms with Crippen molar-refractivity contribution in [3.8, 4) is 0 Å². The van der Waals surface area contributed by atoms with Crippen molar-refractivity contribution in [2.24, 2.45) is 0 Å². The van der Waals surface area contributed by atoms with Gasteiger partial charge in [-0.15, -0.1) is 5.10 Å². The average Bonchev–Trinajstić information content (AvgIpc) is 2.74. The van der Waals surface area contributed by atoms with Crippen molar-refractivity contribution in [2.75, 3.05) is 13.1 Å². The van der Waals surface area contributed by atoms with Crippen molar-refractivity contribution in [1.82, 2.24) is 19.8 Å². The van der Waals surface area contributed by atoms with Gasteiger partial charge in [0.15, 0.2) is 0 Å². The summed E-state index contributed by atoms with van der Waals surface area (Å²) in [4.78, 5) is 25.2. The molecule has 0 bridgehead atoms. The van der Waals surface area contributed by atoms with Gasteiger partial charge in [-0.25, -0.2) is 0 Å². The van der Waals surface area contributed by atoms with Crippen LogP contribution in [-0.4, -0.2) is 45.4 Å². The molecule has 7 heteroatoms. The number of amides is 2. The Morgan fingerprint density at radius 1 is 1.73 bits per heavy atom. The lowest BCUT2D eigenvalue weighted by Crippen LogP contribution is -2.55. The first kappa shape index (κ1) is 10.0. The molecule has 1 unspecified atom stereocenters. The normalized spacial score (nSPS) is 21.3. The molecule has 1 saturated heterocycles. The van der Waals surface area contributed by atoms with Crippen molar-refractivity contribution in [3.63, 3.8) is 0 Å². The molecule has 1 aliphatic rings. The highest BCUT2D eigenvalue weighted by Crippen LogP contribution is 2.12. The number of aromatic nitrogens is 2. The van der Waals surface area contributed by atoms with Crippen LogP contribution in [0.5, 0.6) is 0 Å². The van der Waals surface area contributed by atoms with Gasteiger partial charge in [0, 0.05) is 13.1 Å². The monoisotopic (exact) mass is 226 g/mol. The highest BCUT2D eigenvalue weighted by Gasteiger charge is 2.30. The molecule has 2 rings (SSSR count). The fourth-order valence-corrected chi connectivity index (χ4v) is 1.93. The van der Waals surface area contributed by atoms with Gasteiger partial charge in [0.2, 0.25) is 5.91 Å². The van der Waals surface area contributed by atoms with Gasteiger partial charge in [0.1, 0.15) is 10.9 Å². The molecule has 0 saturated carbocycles. The Labute approximate surface area is 90.4 Å². The van der Waals surface area contributed by atoms with Crippen LogP contribution in [0.15, 0.2) is 6.20 Å². The van der Waals surface area contributed by atoms with Crippen molar-refractivity contribution in [3.05, 3.63) is 11.1 Å². The second kappa shape index (κ2) is 3.93. The van der Waals surface area contributed by atoms with Gasteiger partial charge >= 0.3 is 0 Å². The molecular weight excluding hydrogens is 216 g/mol. The summed E-state index contributed by atoms with van der Waals surface area (Å²) >= 11 is 1.04. The molecule has 0 aliphatic carbocycles. The van der Waals surface area contributed by atoms with E-state index in [1.807, 2.05) is 0 Å². The Morgan fingerprint density at radius 2 is 2.53 bits per heavy atom. The predicted octanol–water partition coefficient (Wildman–Crippen LogP) is -0.501.